The van der Waals surface area contributed by atoms with Crippen molar-refractivity contribution in [3.8, 4) is 5.75 Å². The highest BCUT2D eigenvalue weighted by atomic mass is 16.5. The van der Waals surface area contributed by atoms with Crippen molar-refractivity contribution in [3.63, 3.8) is 0 Å². The third kappa shape index (κ3) is 5.76. The number of nitrogens with one attached hydrogen (secondary N) is 3. The van der Waals surface area contributed by atoms with Crippen LogP contribution in [0.5, 0.6) is 5.75 Å². The van der Waals surface area contributed by atoms with E-state index in [1.807, 2.05) is 54.6 Å². The molecule has 0 radical (unpaired) electrons. The molecule has 0 saturated carbocycles. The summed E-state index contributed by atoms with van der Waals surface area (Å²) < 4.78 is 11.1. The molecule has 2 atom stereocenters. The minimum atomic E-state index is -1.00. The number of nitrogens with zero attached hydrogens (tertiary/aromatic N) is 1. The number of carbonyl (C=O) groups excluding carboxylic acids is 3. The Bertz CT molecular complexity index is 1420. The topological polar surface area (TPSA) is 148 Å². The number of H-pyrrole nitrogens is 1. The normalized spacial score (nSPS) is 15.3. The van der Waals surface area contributed by atoms with E-state index in [4.69, 9.17) is 15.2 Å². The molecule has 0 saturated heterocycles. The van der Waals surface area contributed by atoms with Crippen molar-refractivity contribution in [2.45, 2.75) is 31.6 Å². The summed E-state index contributed by atoms with van der Waals surface area (Å²) in [5.74, 6) is -0.663. The van der Waals surface area contributed by atoms with Crippen LogP contribution in [0, 0.1) is 0 Å². The molecule has 0 bridgehead atoms. The molecular weight excluding hydrogens is 474 g/mol. The van der Waals surface area contributed by atoms with E-state index in [1.165, 1.54) is 0 Å². The Kier molecular flexibility index (Phi) is 6.82. The van der Waals surface area contributed by atoms with Gasteiger partial charge in [0, 0.05) is 0 Å². The highest BCUT2D eigenvalue weighted by molar-refractivity contribution is 6.02. The Balaban J connectivity index is 1.16. The van der Waals surface area contributed by atoms with Crippen LogP contribution in [0.4, 0.5) is 11.6 Å². The Labute approximate surface area is 212 Å². The molecule has 0 aliphatic carbocycles. The zero-order chi connectivity index (χ0) is 25.8. The summed E-state index contributed by atoms with van der Waals surface area (Å²) >= 11 is 0. The lowest BCUT2D eigenvalue weighted by molar-refractivity contribution is -0.146. The smallest absolute Gasteiger partial charge is 0.323 e. The van der Waals surface area contributed by atoms with Crippen molar-refractivity contribution in [3.05, 3.63) is 83.9 Å². The number of carbonyl (C=O) groups is 3. The first-order valence-corrected chi connectivity index (χ1v) is 11.8. The number of aromatic amines is 1. The lowest BCUT2D eigenvalue weighted by Crippen LogP contribution is -2.39. The van der Waals surface area contributed by atoms with Crippen LogP contribution >= 0.6 is 0 Å². The highest BCUT2D eigenvalue weighted by Crippen LogP contribution is 2.31. The molecule has 1 aliphatic rings. The van der Waals surface area contributed by atoms with Crippen molar-refractivity contribution in [1.82, 2.24) is 9.97 Å². The maximum atomic E-state index is 12.6. The van der Waals surface area contributed by atoms with Gasteiger partial charge in [-0.3, -0.25) is 19.7 Å². The lowest BCUT2D eigenvalue weighted by Gasteiger charge is -2.26. The van der Waals surface area contributed by atoms with Crippen LogP contribution < -0.4 is 21.1 Å². The lowest BCUT2D eigenvalue weighted by atomic mass is 10.0. The van der Waals surface area contributed by atoms with Crippen LogP contribution in [0.15, 0.2) is 72.8 Å². The number of para-hydroxylation sites is 2. The van der Waals surface area contributed by atoms with Gasteiger partial charge >= 0.3 is 5.97 Å². The fourth-order valence-electron chi connectivity index (χ4n) is 4.00. The number of rotatable bonds is 8. The van der Waals surface area contributed by atoms with Crippen LogP contribution in [-0.2, 0) is 32.1 Å². The zero-order valence-corrected chi connectivity index (χ0v) is 19.8. The Morgan fingerprint density at radius 1 is 1.05 bits per heavy atom. The number of hydrogen-bond acceptors (Lipinski definition) is 7. The van der Waals surface area contributed by atoms with Crippen LogP contribution in [0.3, 0.4) is 0 Å². The van der Waals surface area contributed by atoms with Gasteiger partial charge in [-0.25, -0.2) is 4.98 Å². The molecule has 3 aromatic carbocycles. The summed E-state index contributed by atoms with van der Waals surface area (Å²) in [6.45, 7) is 0.146. The fraction of sp³-hybridized carbons (Fsp3) is 0.185. The van der Waals surface area contributed by atoms with Crippen LogP contribution in [0.1, 0.15) is 17.5 Å². The molecule has 2 amide bonds. The van der Waals surface area contributed by atoms with Crippen LogP contribution in [0.25, 0.3) is 11.0 Å². The molecule has 37 heavy (non-hydrogen) atoms. The average Bonchev–Trinajstić information content (AvgIpc) is 3.30. The molecular formula is C27H25N5O5. The van der Waals surface area contributed by atoms with E-state index in [2.05, 4.69) is 20.6 Å². The van der Waals surface area contributed by atoms with Gasteiger partial charge in [-0.1, -0.05) is 48.5 Å². The monoisotopic (exact) mass is 499 g/mol. The predicted molar refractivity (Wildman–Crippen MR) is 137 cm³/mol. The molecule has 0 fully saturated rings. The number of anilines is 2. The second kappa shape index (κ2) is 10.5. The zero-order valence-electron chi connectivity index (χ0n) is 19.8. The summed E-state index contributed by atoms with van der Waals surface area (Å²) in [6, 6.07) is 21.0. The van der Waals surface area contributed by atoms with E-state index in [-0.39, 0.29) is 19.4 Å². The highest BCUT2D eigenvalue weighted by Gasteiger charge is 2.30. The average molecular weight is 500 g/mol. The third-order valence-electron chi connectivity index (χ3n) is 5.86. The number of hydrogen-bond donors (Lipinski definition) is 4. The van der Waals surface area contributed by atoms with Gasteiger partial charge in [-0.15, -0.1) is 0 Å². The number of esters is 1. The molecule has 5 rings (SSSR count). The Hall–Kier alpha value is -4.70. The van der Waals surface area contributed by atoms with Gasteiger partial charge in [-0.2, -0.15) is 0 Å². The number of aromatic nitrogens is 2. The Morgan fingerprint density at radius 2 is 1.84 bits per heavy atom. The molecule has 1 aromatic heterocycles. The number of amides is 2. The van der Waals surface area contributed by atoms with Crippen LogP contribution in [-0.4, -0.2) is 39.9 Å². The van der Waals surface area contributed by atoms with E-state index < -0.39 is 29.9 Å². The maximum absolute atomic E-state index is 12.6. The predicted octanol–water partition coefficient (Wildman–Crippen LogP) is 2.90. The fourth-order valence-corrected chi connectivity index (χ4v) is 4.00. The molecule has 10 nitrogen and oxygen atoms in total. The maximum Gasteiger partial charge on any atom is 0.323 e. The summed E-state index contributed by atoms with van der Waals surface area (Å²) in [6.07, 6.45) is -0.972. The number of fused-ring (bicyclic) bond motifs is 2. The molecule has 2 heterocycles. The number of nitrogens with two attached hydrogens (primary N) is 1. The minimum absolute atomic E-state index is 0.146. The third-order valence-corrected chi connectivity index (χ3v) is 5.86. The molecule has 4 aromatic rings. The van der Waals surface area contributed by atoms with Crippen molar-refractivity contribution in [1.29, 1.82) is 0 Å². The van der Waals surface area contributed by atoms with Gasteiger partial charge in [0.15, 0.2) is 6.10 Å². The van der Waals surface area contributed by atoms with E-state index in [9.17, 15) is 14.4 Å². The molecule has 188 valence electrons. The van der Waals surface area contributed by atoms with Gasteiger partial charge in [0.1, 0.15) is 18.4 Å². The number of benzene rings is 3. The van der Waals surface area contributed by atoms with Gasteiger partial charge in [0.2, 0.25) is 11.9 Å². The summed E-state index contributed by atoms with van der Waals surface area (Å²) in [4.78, 5) is 44.7. The minimum Gasteiger partial charge on any atom is -0.478 e. The van der Waals surface area contributed by atoms with E-state index in [0.717, 1.165) is 22.2 Å². The van der Waals surface area contributed by atoms with Gasteiger partial charge < -0.3 is 25.5 Å². The van der Waals surface area contributed by atoms with Crippen molar-refractivity contribution < 1.29 is 23.9 Å². The first-order chi connectivity index (χ1) is 17.9. The molecule has 0 spiro atoms. The van der Waals surface area contributed by atoms with Crippen molar-refractivity contribution in [2.24, 2.45) is 5.73 Å². The molecule has 1 unspecified atom stereocenters. The second-order valence-electron chi connectivity index (χ2n) is 8.69. The van der Waals surface area contributed by atoms with Gasteiger partial charge in [-0.05, 0) is 41.8 Å². The van der Waals surface area contributed by atoms with E-state index >= 15 is 0 Å². The first-order valence-electron chi connectivity index (χ1n) is 11.8. The standard InChI is InChI=1S/C27H25N5O5/c28-18(26(35)36-15-16-6-2-1-3-7-16)12-17-10-11-22-21(13-17)29-25(34)23(37-22)14-24(33)32-27-30-19-8-4-5-9-20(19)31-27/h1-11,13,18,23H,12,14-15,28H2,(H,29,34)(H2,30,31,32,33)/t18-,23?/m0/s1. The largest absolute Gasteiger partial charge is 0.478 e. The van der Waals surface area contributed by atoms with Gasteiger partial charge in [0.25, 0.3) is 5.91 Å². The molecule has 10 heteroatoms. The molecule has 5 N–H and O–H groups in total. The van der Waals surface area contributed by atoms with E-state index in [0.29, 0.717) is 17.4 Å². The van der Waals surface area contributed by atoms with E-state index in [1.54, 1.807) is 18.2 Å². The SMILES string of the molecule is N[C@@H](Cc1ccc2c(c1)NC(=O)C(CC(=O)Nc1nc3ccccc3[nH]1)O2)C(=O)OCc1ccccc1. The summed E-state index contributed by atoms with van der Waals surface area (Å²) in [5, 5.41) is 5.43. The molecule has 1 aliphatic heterocycles. The summed E-state index contributed by atoms with van der Waals surface area (Å²) in [7, 11) is 0. The number of imidazole rings is 1. The first kappa shape index (κ1) is 24.0. The second-order valence-corrected chi connectivity index (χ2v) is 8.69. The van der Waals surface area contributed by atoms with Crippen molar-refractivity contribution >= 4 is 40.5 Å². The van der Waals surface area contributed by atoms with Crippen molar-refractivity contribution in [2.75, 3.05) is 10.6 Å². The van der Waals surface area contributed by atoms with Gasteiger partial charge in [0.05, 0.1) is 23.1 Å². The Morgan fingerprint density at radius 3 is 2.65 bits per heavy atom. The quantitative estimate of drug-likeness (QED) is 0.272. The number of ether oxygens (including phenoxy) is 2. The summed E-state index contributed by atoms with van der Waals surface area (Å²) in [5.41, 5.74) is 9.60. The van der Waals surface area contributed by atoms with Crippen LogP contribution in [0.2, 0.25) is 0 Å².